The van der Waals surface area contributed by atoms with Gasteiger partial charge in [-0.15, -0.1) is 0 Å². The molecular formula is C22H35AcClO5. The molecule has 0 amide bonds. The van der Waals surface area contributed by atoms with Crippen molar-refractivity contribution >= 4 is 17.4 Å². The molecule has 1 heterocycles. The average molecular weight is 642 g/mol. The summed E-state index contributed by atoms with van der Waals surface area (Å²) in [5.41, 5.74) is 1.82. The first-order valence-electron chi connectivity index (χ1n) is 10.0. The van der Waals surface area contributed by atoms with Crippen LogP contribution in [0, 0.1) is 44.1 Å². The summed E-state index contributed by atoms with van der Waals surface area (Å²) >= 11 is 6.27. The summed E-state index contributed by atoms with van der Waals surface area (Å²) in [6.07, 6.45) is 5.85. The summed E-state index contributed by atoms with van der Waals surface area (Å²) in [6, 6.07) is 0. The maximum atomic E-state index is 11.0. The van der Waals surface area contributed by atoms with Crippen molar-refractivity contribution in [2.45, 2.75) is 96.7 Å². The van der Waals surface area contributed by atoms with E-state index in [2.05, 4.69) is 0 Å². The topological polar surface area (TPSA) is 87.0 Å². The van der Waals surface area contributed by atoms with Crippen LogP contribution < -0.4 is 0 Å². The van der Waals surface area contributed by atoms with Crippen molar-refractivity contribution in [3.8, 4) is 0 Å². The number of hydrogen-bond donors (Lipinski definition) is 3. The van der Waals surface area contributed by atoms with Gasteiger partial charge in [-0.05, 0) is 52.0 Å². The van der Waals surface area contributed by atoms with Gasteiger partial charge in [0.1, 0.15) is 18.0 Å². The van der Waals surface area contributed by atoms with E-state index in [1.807, 2.05) is 26.0 Å². The molecule has 1 rings (SSSR count). The molecule has 163 valence electrons. The Morgan fingerprint density at radius 1 is 1.24 bits per heavy atom. The predicted molar refractivity (Wildman–Crippen MR) is 112 cm³/mol. The van der Waals surface area contributed by atoms with E-state index in [1.165, 1.54) is 6.92 Å². The zero-order valence-corrected chi connectivity index (χ0v) is 23.5. The van der Waals surface area contributed by atoms with Gasteiger partial charge < -0.3 is 20.1 Å². The smallest absolute Gasteiger partial charge is 0.132 e. The van der Waals surface area contributed by atoms with Gasteiger partial charge in [-0.1, -0.05) is 42.3 Å². The summed E-state index contributed by atoms with van der Waals surface area (Å²) in [7, 11) is 0. The minimum atomic E-state index is -0.805. The molecule has 1 radical (unpaired) electrons. The quantitative estimate of drug-likeness (QED) is 0.299. The van der Waals surface area contributed by atoms with Crippen LogP contribution in [0.1, 0.15) is 66.2 Å². The average Bonchev–Trinajstić information content (AvgIpc) is 2.99. The van der Waals surface area contributed by atoms with E-state index in [0.717, 1.165) is 17.6 Å². The number of ether oxygens (including phenoxy) is 1. The fraction of sp³-hybridized carbons (Fsp3) is 0.682. The second-order valence-electron chi connectivity index (χ2n) is 7.68. The Morgan fingerprint density at radius 2 is 1.90 bits per heavy atom. The van der Waals surface area contributed by atoms with E-state index < -0.39 is 24.4 Å². The summed E-state index contributed by atoms with van der Waals surface area (Å²) < 4.78 is 5.84. The number of ketones is 1. The molecule has 1 saturated heterocycles. The monoisotopic (exact) mass is 641 g/mol. The maximum absolute atomic E-state index is 11.0. The number of aliphatic hydroxyl groups is 3. The molecule has 0 bridgehead atoms. The molecule has 29 heavy (non-hydrogen) atoms. The first kappa shape index (κ1) is 29.5. The molecule has 1 fully saturated rings. The third-order valence-electron chi connectivity index (χ3n) is 5.07. The Labute approximate surface area is 215 Å². The second-order valence-corrected chi connectivity index (χ2v) is 8.16. The van der Waals surface area contributed by atoms with Crippen LogP contribution in [0.5, 0.6) is 0 Å². The molecule has 1 aliphatic rings. The molecule has 5 atom stereocenters. The second kappa shape index (κ2) is 15.3. The number of aliphatic hydroxyl groups excluding tert-OH is 3. The molecule has 0 spiro atoms. The Morgan fingerprint density at radius 3 is 2.48 bits per heavy atom. The van der Waals surface area contributed by atoms with Crippen LogP contribution in [-0.4, -0.2) is 51.6 Å². The van der Waals surface area contributed by atoms with Crippen molar-refractivity contribution in [2.75, 3.05) is 0 Å². The van der Waals surface area contributed by atoms with Crippen molar-refractivity contribution in [1.29, 1.82) is 0 Å². The zero-order chi connectivity index (χ0) is 21.3. The predicted octanol–water partition coefficient (Wildman–Crippen LogP) is 3.80. The van der Waals surface area contributed by atoms with E-state index in [0.29, 0.717) is 30.7 Å². The number of carbonyl (C=O) groups is 1. The van der Waals surface area contributed by atoms with E-state index in [1.54, 1.807) is 13.0 Å². The fourth-order valence-electron chi connectivity index (χ4n) is 3.11. The van der Waals surface area contributed by atoms with Crippen molar-refractivity contribution in [2.24, 2.45) is 0 Å². The number of halogens is 1. The number of rotatable bonds is 11. The SMILES string of the molecule is CC/C(C)=C/[C@H](O)[C@@H]1O[C@@H](CC/C(Cl)=C/C/C=C(/C)C(O)CC(C)=O)C[C@@H]1O.[Ac]. The zero-order valence-electron chi connectivity index (χ0n) is 18.0. The molecular weight excluding hydrogens is 607 g/mol. The molecule has 0 aromatic rings. The molecule has 7 heteroatoms. The minimum Gasteiger partial charge on any atom is -0.390 e. The van der Waals surface area contributed by atoms with Gasteiger partial charge in [0, 0.05) is 61.9 Å². The van der Waals surface area contributed by atoms with Crippen molar-refractivity contribution in [3.05, 3.63) is 34.4 Å². The molecule has 0 aromatic heterocycles. The van der Waals surface area contributed by atoms with E-state index >= 15 is 0 Å². The Bertz CT molecular complexity index is 602. The minimum absolute atomic E-state index is 0. The maximum Gasteiger partial charge on any atom is 0.132 e. The summed E-state index contributed by atoms with van der Waals surface area (Å²) in [5, 5.41) is 31.0. The molecule has 1 aliphatic heterocycles. The molecule has 0 saturated carbocycles. The first-order chi connectivity index (χ1) is 13.1. The van der Waals surface area contributed by atoms with Crippen LogP contribution in [0.3, 0.4) is 0 Å². The van der Waals surface area contributed by atoms with Crippen LogP contribution in [0.15, 0.2) is 34.4 Å². The van der Waals surface area contributed by atoms with Gasteiger partial charge in [-0.2, -0.15) is 0 Å². The van der Waals surface area contributed by atoms with Crippen LogP contribution in [0.25, 0.3) is 0 Å². The van der Waals surface area contributed by atoms with Crippen LogP contribution >= 0.6 is 11.6 Å². The van der Waals surface area contributed by atoms with Gasteiger partial charge in [-0.25, -0.2) is 0 Å². The third-order valence-corrected chi connectivity index (χ3v) is 5.42. The van der Waals surface area contributed by atoms with Gasteiger partial charge in [0.2, 0.25) is 0 Å². The Hall–Kier alpha value is 0.462. The summed E-state index contributed by atoms with van der Waals surface area (Å²) in [4.78, 5) is 11.0. The van der Waals surface area contributed by atoms with Gasteiger partial charge in [0.05, 0.1) is 18.3 Å². The first-order valence-corrected chi connectivity index (χ1v) is 10.4. The normalized spacial score (nSPS) is 25.5. The molecule has 1 unspecified atom stereocenters. The van der Waals surface area contributed by atoms with E-state index in [-0.39, 0.29) is 62.4 Å². The molecule has 0 aromatic carbocycles. The number of Topliss-reactive ketones (excluding diaryl/α,β-unsaturated/α-hetero) is 1. The van der Waals surface area contributed by atoms with Crippen molar-refractivity contribution < 1.29 is 68.9 Å². The van der Waals surface area contributed by atoms with E-state index in [4.69, 9.17) is 16.3 Å². The van der Waals surface area contributed by atoms with Gasteiger partial charge >= 0.3 is 0 Å². The van der Waals surface area contributed by atoms with Crippen LogP contribution in [0.4, 0.5) is 0 Å². The summed E-state index contributed by atoms with van der Waals surface area (Å²) in [5.74, 6) is -0.0451. The van der Waals surface area contributed by atoms with Crippen molar-refractivity contribution in [3.63, 3.8) is 0 Å². The molecule has 3 N–H and O–H groups in total. The van der Waals surface area contributed by atoms with Gasteiger partial charge in [0.25, 0.3) is 0 Å². The number of allylic oxidation sites excluding steroid dienone is 4. The standard InChI is InChI=1S/C22H35ClO5.Ac/c1-5-14(2)11-20(26)22-21(27)13-18(28-22)10-9-17(23)8-6-7-15(3)19(25)12-16(4)24;/h7-8,11,18-22,25-27H,5-6,9-10,12-13H2,1-4H3;/b14-11+,15-7-,17-8-;/t18-,19?,20-,21-,22-;/m0./s1. The largest absolute Gasteiger partial charge is 0.390 e. The number of hydrogen-bond acceptors (Lipinski definition) is 5. The van der Waals surface area contributed by atoms with Gasteiger partial charge in [-0.3, -0.25) is 4.79 Å². The molecule has 0 aliphatic carbocycles. The third kappa shape index (κ3) is 11.6. The summed E-state index contributed by atoms with van der Waals surface area (Å²) in [6.45, 7) is 7.22. The Kier molecular flexibility index (Phi) is 15.5. The van der Waals surface area contributed by atoms with Crippen LogP contribution in [-0.2, 0) is 9.53 Å². The van der Waals surface area contributed by atoms with E-state index in [9.17, 15) is 20.1 Å². The molecule has 5 nitrogen and oxygen atoms in total. The fourth-order valence-corrected chi connectivity index (χ4v) is 3.31. The van der Waals surface area contributed by atoms with Gasteiger partial charge in [0.15, 0.2) is 0 Å². The van der Waals surface area contributed by atoms with Crippen molar-refractivity contribution in [1.82, 2.24) is 0 Å². The van der Waals surface area contributed by atoms with Crippen LogP contribution in [0.2, 0.25) is 0 Å². The Balaban J connectivity index is 0.00000784. The number of carbonyl (C=O) groups excluding carboxylic acids is 1.